The molecule has 1 aromatic rings. The summed E-state index contributed by atoms with van der Waals surface area (Å²) in [4.78, 5) is 3.72. The van der Waals surface area contributed by atoms with Crippen molar-refractivity contribution in [1.29, 1.82) is 5.26 Å². The Morgan fingerprint density at radius 2 is 2.07 bits per heavy atom. The molecule has 0 saturated carbocycles. The number of pyridine rings is 1. The van der Waals surface area contributed by atoms with Crippen molar-refractivity contribution in [2.24, 2.45) is 0 Å². The highest BCUT2D eigenvalue weighted by molar-refractivity contribution is 6.34. The summed E-state index contributed by atoms with van der Waals surface area (Å²) in [5.41, 5.74) is 0.0325. The van der Waals surface area contributed by atoms with Crippen molar-refractivity contribution in [3.8, 4) is 6.07 Å². The van der Waals surface area contributed by atoms with Crippen LogP contribution in [-0.2, 0) is 0 Å². The molecule has 0 fully saturated rings. The summed E-state index contributed by atoms with van der Waals surface area (Å²) in [6.07, 6.45) is -1.71. The van der Waals surface area contributed by atoms with Crippen LogP contribution in [0.2, 0.25) is 10.0 Å². The molecule has 74 valence electrons. The standard InChI is InChI=1S/C8H6Cl2N2O2/c9-4-1-5(10)7(12-3-4)8(14)6(13)2-11/h1,3,6,8,13-14H. The second kappa shape index (κ2) is 4.58. The first-order valence-electron chi connectivity index (χ1n) is 3.63. The molecule has 0 aromatic carbocycles. The van der Waals surface area contributed by atoms with Crippen LogP contribution in [0, 0.1) is 11.3 Å². The number of halogens is 2. The van der Waals surface area contributed by atoms with Gasteiger partial charge >= 0.3 is 0 Å². The van der Waals surface area contributed by atoms with E-state index in [1.807, 2.05) is 0 Å². The lowest BCUT2D eigenvalue weighted by Crippen LogP contribution is -2.17. The molecule has 1 heterocycles. The van der Waals surface area contributed by atoms with Gasteiger partial charge in [-0.1, -0.05) is 23.2 Å². The summed E-state index contributed by atoms with van der Waals surface area (Å²) < 4.78 is 0. The van der Waals surface area contributed by atoms with E-state index in [0.717, 1.165) is 0 Å². The highest BCUT2D eigenvalue weighted by Crippen LogP contribution is 2.25. The Bertz CT molecular complexity index is 378. The number of hydrogen-bond donors (Lipinski definition) is 2. The molecule has 2 unspecified atom stereocenters. The summed E-state index contributed by atoms with van der Waals surface area (Å²) in [5, 5.41) is 27.2. The molecule has 14 heavy (non-hydrogen) atoms. The molecule has 0 radical (unpaired) electrons. The van der Waals surface area contributed by atoms with Crippen molar-refractivity contribution in [3.05, 3.63) is 28.0 Å². The number of hydrogen-bond acceptors (Lipinski definition) is 4. The van der Waals surface area contributed by atoms with Crippen LogP contribution in [0.5, 0.6) is 0 Å². The van der Waals surface area contributed by atoms with E-state index in [9.17, 15) is 5.11 Å². The number of nitriles is 1. The van der Waals surface area contributed by atoms with Gasteiger partial charge in [-0.3, -0.25) is 4.98 Å². The monoisotopic (exact) mass is 232 g/mol. The van der Waals surface area contributed by atoms with Crippen molar-refractivity contribution in [2.45, 2.75) is 12.2 Å². The zero-order valence-corrected chi connectivity index (χ0v) is 8.37. The molecule has 0 bridgehead atoms. The van der Waals surface area contributed by atoms with Gasteiger partial charge in [0.15, 0.2) is 6.10 Å². The topological polar surface area (TPSA) is 77.1 Å². The Hall–Kier alpha value is -0.860. The van der Waals surface area contributed by atoms with Crippen LogP contribution in [0.1, 0.15) is 11.8 Å². The number of aromatic nitrogens is 1. The Morgan fingerprint density at radius 3 is 2.57 bits per heavy atom. The third-order valence-corrected chi connectivity index (χ3v) is 2.06. The van der Waals surface area contributed by atoms with Gasteiger partial charge < -0.3 is 10.2 Å². The molecule has 1 rings (SSSR count). The van der Waals surface area contributed by atoms with Crippen molar-refractivity contribution < 1.29 is 10.2 Å². The largest absolute Gasteiger partial charge is 0.383 e. The van der Waals surface area contributed by atoms with Crippen LogP contribution in [-0.4, -0.2) is 21.3 Å². The number of rotatable bonds is 2. The maximum Gasteiger partial charge on any atom is 0.172 e. The average Bonchev–Trinajstić information content (AvgIpc) is 2.15. The zero-order valence-electron chi connectivity index (χ0n) is 6.85. The van der Waals surface area contributed by atoms with Gasteiger partial charge in [-0.15, -0.1) is 0 Å². The van der Waals surface area contributed by atoms with E-state index in [1.165, 1.54) is 18.3 Å². The summed E-state index contributed by atoms with van der Waals surface area (Å²) in [6.45, 7) is 0. The highest BCUT2D eigenvalue weighted by Gasteiger charge is 2.21. The normalized spacial score (nSPS) is 14.5. The van der Waals surface area contributed by atoms with Gasteiger partial charge in [0, 0.05) is 6.20 Å². The first kappa shape index (κ1) is 11.2. The summed E-state index contributed by atoms with van der Waals surface area (Å²) in [5.74, 6) is 0. The highest BCUT2D eigenvalue weighted by atomic mass is 35.5. The second-order valence-electron chi connectivity index (χ2n) is 2.54. The molecule has 0 saturated heterocycles. The minimum Gasteiger partial charge on any atom is -0.383 e. The lowest BCUT2D eigenvalue weighted by Gasteiger charge is -2.12. The summed E-state index contributed by atoms with van der Waals surface area (Å²) in [7, 11) is 0. The molecule has 6 heteroatoms. The maximum absolute atomic E-state index is 9.40. The first-order valence-corrected chi connectivity index (χ1v) is 4.38. The Balaban J connectivity index is 3.03. The van der Waals surface area contributed by atoms with E-state index in [1.54, 1.807) is 0 Å². The fourth-order valence-corrected chi connectivity index (χ4v) is 1.35. The SMILES string of the molecule is N#CC(O)C(O)c1ncc(Cl)cc1Cl. The maximum atomic E-state index is 9.40. The van der Waals surface area contributed by atoms with Crippen LogP contribution in [0.3, 0.4) is 0 Å². The van der Waals surface area contributed by atoms with E-state index in [0.29, 0.717) is 5.02 Å². The Morgan fingerprint density at radius 1 is 1.43 bits per heavy atom. The number of nitrogens with zero attached hydrogens (tertiary/aromatic N) is 2. The van der Waals surface area contributed by atoms with Crippen molar-refractivity contribution >= 4 is 23.2 Å². The predicted octanol–water partition coefficient (Wildman–Crippen LogP) is 1.31. The molecule has 4 nitrogen and oxygen atoms in total. The number of aliphatic hydroxyl groups excluding tert-OH is 2. The fourth-order valence-electron chi connectivity index (χ4n) is 0.863. The molecule has 0 aliphatic heterocycles. The molecule has 0 amide bonds. The van der Waals surface area contributed by atoms with Gasteiger partial charge in [0.2, 0.25) is 0 Å². The molecule has 0 spiro atoms. The molecule has 1 aromatic heterocycles. The lowest BCUT2D eigenvalue weighted by molar-refractivity contribution is 0.0499. The van der Waals surface area contributed by atoms with E-state index >= 15 is 0 Å². The number of aliphatic hydroxyl groups is 2. The molecule has 2 N–H and O–H groups in total. The van der Waals surface area contributed by atoms with Gasteiger partial charge in [0.05, 0.1) is 21.8 Å². The molecule has 0 aliphatic carbocycles. The lowest BCUT2D eigenvalue weighted by atomic mass is 10.1. The summed E-state index contributed by atoms with van der Waals surface area (Å²) in [6, 6.07) is 2.85. The van der Waals surface area contributed by atoms with Crippen molar-refractivity contribution in [3.63, 3.8) is 0 Å². The average molecular weight is 233 g/mol. The Labute approximate surface area is 90.3 Å². The van der Waals surface area contributed by atoms with Gasteiger partial charge in [0.25, 0.3) is 0 Å². The molecular weight excluding hydrogens is 227 g/mol. The third kappa shape index (κ3) is 2.34. The van der Waals surface area contributed by atoms with E-state index in [-0.39, 0.29) is 10.7 Å². The van der Waals surface area contributed by atoms with Crippen LogP contribution in [0.4, 0.5) is 0 Å². The summed E-state index contributed by atoms with van der Waals surface area (Å²) >= 11 is 11.3. The molecule has 0 aliphatic rings. The molecular formula is C8H6Cl2N2O2. The van der Waals surface area contributed by atoms with Gasteiger partial charge in [-0.25, -0.2) is 0 Å². The van der Waals surface area contributed by atoms with Crippen molar-refractivity contribution in [2.75, 3.05) is 0 Å². The Kier molecular flexibility index (Phi) is 3.67. The van der Waals surface area contributed by atoms with E-state index in [2.05, 4.69) is 4.98 Å². The van der Waals surface area contributed by atoms with Crippen LogP contribution in [0.25, 0.3) is 0 Å². The fraction of sp³-hybridized carbons (Fsp3) is 0.250. The smallest absolute Gasteiger partial charge is 0.172 e. The van der Waals surface area contributed by atoms with Gasteiger partial charge in [0.1, 0.15) is 6.10 Å². The second-order valence-corrected chi connectivity index (χ2v) is 3.38. The first-order chi connectivity index (χ1) is 6.56. The van der Waals surface area contributed by atoms with Crippen LogP contribution < -0.4 is 0 Å². The van der Waals surface area contributed by atoms with Gasteiger partial charge in [-0.2, -0.15) is 5.26 Å². The van der Waals surface area contributed by atoms with Crippen LogP contribution >= 0.6 is 23.2 Å². The predicted molar refractivity (Wildman–Crippen MR) is 50.8 cm³/mol. The van der Waals surface area contributed by atoms with E-state index in [4.69, 9.17) is 33.6 Å². The third-order valence-electron chi connectivity index (χ3n) is 1.55. The van der Waals surface area contributed by atoms with E-state index < -0.39 is 12.2 Å². The minimum absolute atomic E-state index is 0.0325. The molecule has 2 atom stereocenters. The van der Waals surface area contributed by atoms with Crippen molar-refractivity contribution in [1.82, 2.24) is 4.98 Å². The van der Waals surface area contributed by atoms with Crippen LogP contribution in [0.15, 0.2) is 12.3 Å². The zero-order chi connectivity index (χ0) is 10.7. The minimum atomic E-state index is -1.55. The quantitative estimate of drug-likeness (QED) is 0.755. The van der Waals surface area contributed by atoms with Gasteiger partial charge in [-0.05, 0) is 6.07 Å².